The van der Waals surface area contributed by atoms with E-state index in [9.17, 15) is 4.79 Å². The van der Waals surface area contributed by atoms with Crippen molar-refractivity contribution in [2.45, 2.75) is 70.1 Å². The van der Waals surface area contributed by atoms with Gasteiger partial charge in [0, 0.05) is 12.1 Å². The molecule has 5 saturated carbocycles. The van der Waals surface area contributed by atoms with Crippen LogP contribution in [0.1, 0.15) is 70.3 Å². The maximum atomic E-state index is 13.3. The molecule has 0 aliphatic heterocycles. The van der Waals surface area contributed by atoms with E-state index in [-0.39, 0.29) is 11.8 Å². The summed E-state index contributed by atoms with van der Waals surface area (Å²) < 4.78 is 0. The van der Waals surface area contributed by atoms with E-state index in [2.05, 4.69) is 42.2 Å². The standard InChI is InChI=1S/C26H36N2O/c1-2-25-12-20-13-26(17-25,21-6-4-3-5-7-21)14-22(25)23(20)24(29)28-16-19-10-8-18(15-27)9-11-19/h3-7,16,18-20,22-23H,2,8-15,17,27H2,1H3/b28-16+. The molecule has 5 atom stereocenters. The summed E-state index contributed by atoms with van der Waals surface area (Å²) in [5.41, 5.74) is 8.00. The maximum absolute atomic E-state index is 13.3. The van der Waals surface area contributed by atoms with E-state index in [1.165, 1.54) is 50.5 Å². The molecule has 0 radical (unpaired) electrons. The number of hydrogen-bond donors (Lipinski definition) is 1. The fourth-order valence-electron chi connectivity index (χ4n) is 7.95. The molecule has 156 valence electrons. The van der Waals surface area contributed by atoms with Gasteiger partial charge in [-0.25, -0.2) is 4.99 Å². The van der Waals surface area contributed by atoms with Crippen LogP contribution < -0.4 is 5.73 Å². The minimum Gasteiger partial charge on any atom is -0.330 e. The predicted octanol–water partition coefficient (Wildman–Crippen LogP) is 5.13. The second kappa shape index (κ2) is 7.34. The molecule has 5 aliphatic carbocycles. The van der Waals surface area contributed by atoms with Crippen LogP contribution in [-0.2, 0) is 10.2 Å². The minimum atomic E-state index is 0.172. The van der Waals surface area contributed by atoms with E-state index in [0.717, 1.165) is 19.4 Å². The van der Waals surface area contributed by atoms with Crippen molar-refractivity contribution in [2.24, 2.45) is 45.7 Å². The van der Waals surface area contributed by atoms with Gasteiger partial charge in [-0.3, -0.25) is 4.79 Å². The fraction of sp³-hybridized carbons (Fsp3) is 0.692. The van der Waals surface area contributed by atoms with Crippen LogP contribution in [0.25, 0.3) is 0 Å². The molecule has 6 rings (SSSR count). The molecule has 29 heavy (non-hydrogen) atoms. The van der Waals surface area contributed by atoms with E-state index < -0.39 is 0 Å². The zero-order valence-electron chi connectivity index (χ0n) is 17.9. The van der Waals surface area contributed by atoms with E-state index in [0.29, 0.717) is 34.5 Å². The average molecular weight is 393 g/mol. The molecule has 5 aliphatic rings. The maximum Gasteiger partial charge on any atom is 0.249 e. The quantitative estimate of drug-likeness (QED) is 0.706. The van der Waals surface area contributed by atoms with Gasteiger partial charge in [-0.15, -0.1) is 0 Å². The van der Waals surface area contributed by atoms with Crippen molar-refractivity contribution in [3.8, 4) is 0 Å². The third-order valence-corrected chi connectivity index (χ3v) is 9.36. The number of benzene rings is 1. The lowest BCUT2D eigenvalue weighted by atomic mass is 9.61. The number of amides is 1. The highest BCUT2D eigenvalue weighted by molar-refractivity contribution is 5.88. The van der Waals surface area contributed by atoms with Gasteiger partial charge in [0.2, 0.25) is 5.91 Å². The zero-order chi connectivity index (χ0) is 20.1. The van der Waals surface area contributed by atoms with Crippen LogP contribution in [0.2, 0.25) is 0 Å². The summed E-state index contributed by atoms with van der Waals surface area (Å²) in [7, 11) is 0. The van der Waals surface area contributed by atoms with Crippen molar-refractivity contribution in [2.75, 3.05) is 6.54 Å². The molecule has 3 heteroatoms. The second-order valence-electron chi connectivity index (χ2n) is 10.7. The fourth-order valence-corrected chi connectivity index (χ4v) is 7.95. The van der Waals surface area contributed by atoms with Crippen molar-refractivity contribution in [1.29, 1.82) is 0 Å². The van der Waals surface area contributed by atoms with Crippen molar-refractivity contribution >= 4 is 12.1 Å². The van der Waals surface area contributed by atoms with Gasteiger partial charge in [0.05, 0.1) is 0 Å². The Balaban J connectivity index is 1.32. The van der Waals surface area contributed by atoms with Crippen LogP contribution >= 0.6 is 0 Å². The summed E-state index contributed by atoms with van der Waals surface area (Å²) in [6.45, 7) is 3.15. The Labute approximate surface area is 175 Å². The Hall–Kier alpha value is -1.48. The highest BCUT2D eigenvalue weighted by atomic mass is 16.1. The van der Waals surface area contributed by atoms with Gasteiger partial charge in [-0.05, 0) is 98.0 Å². The number of carbonyl (C=O) groups excluding carboxylic acids is 1. The largest absolute Gasteiger partial charge is 0.330 e. The third-order valence-electron chi connectivity index (χ3n) is 9.36. The third kappa shape index (κ3) is 3.12. The highest BCUT2D eigenvalue weighted by Gasteiger charge is 2.68. The van der Waals surface area contributed by atoms with Crippen LogP contribution in [0.4, 0.5) is 0 Å². The molecule has 0 spiro atoms. The monoisotopic (exact) mass is 392 g/mol. The van der Waals surface area contributed by atoms with Gasteiger partial charge in [-0.2, -0.15) is 0 Å². The molecule has 4 bridgehead atoms. The molecule has 5 fully saturated rings. The van der Waals surface area contributed by atoms with Gasteiger partial charge >= 0.3 is 0 Å². The van der Waals surface area contributed by atoms with Crippen molar-refractivity contribution < 1.29 is 4.79 Å². The van der Waals surface area contributed by atoms with Crippen LogP contribution in [0.5, 0.6) is 0 Å². The van der Waals surface area contributed by atoms with Gasteiger partial charge in [0.15, 0.2) is 0 Å². The number of nitrogens with two attached hydrogens (primary N) is 1. The summed E-state index contributed by atoms with van der Waals surface area (Å²) in [5.74, 6) is 2.58. The lowest BCUT2D eigenvalue weighted by molar-refractivity contribution is -0.125. The number of carbonyl (C=O) groups is 1. The highest BCUT2D eigenvalue weighted by Crippen LogP contribution is 2.73. The van der Waals surface area contributed by atoms with Crippen molar-refractivity contribution in [1.82, 2.24) is 0 Å². The normalized spacial score (nSPS) is 43.3. The molecule has 0 saturated heterocycles. The minimum absolute atomic E-state index is 0.172. The topological polar surface area (TPSA) is 55.5 Å². The Kier molecular flexibility index (Phi) is 4.93. The summed E-state index contributed by atoms with van der Waals surface area (Å²) >= 11 is 0. The molecule has 1 aromatic rings. The van der Waals surface area contributed by atoms with Gasteiger partial charge in [-0.1, -0.05) is 43.7 Å². The zero-order valence-corrected chi connectivity index (χ0v) is 17.9. The van der Waals surface area contributed by atoms with E-state index in [1.807, 2.05) is 6.21 Å². The van der Waals surface area contributed by atoms with Crippen LogP contribution in [-0.4, -0.2) is 18.7 Å². The SMILES string of the molecule is CCC12CC3CC(c4ccccc4)(CC1C3C(=O)/N=C/C1CCC(CN)CC1)C2. The molecule has 0 heterocycles. The van der Waals surface area contributed by atoms with E-state index in [1.54, 1.807) is 0 Å². The van der Waals surface area contributed by atoms with E-state index >= 15 is 0 Å². The molecule has 2 N–H and O–H groups in total. The second-order valence-corrected chi connectivity index (χ2v) is 10.7. The van der Waals surface area contributed by atoms with Crippen LogP contribution in [0.15, 0.2) is 35.3 Å². The number of nitrogens with zero attached hydrogens (tertiary/aromatic N) is 1. The molecule has 5 unspecified atom stereocenters. The Morgan fingerprint density at radius 2 is 1.90 bits per heavy atom. The van der Waals surface area contributed by atoms with E-state index in [4.69, 9.17) is 5.73 Å². The van der Waals surface area contributed by atoms with Crippen molar-refractivity contribution in [3.05, 3.63) is 35.9 Å². The van der Waals surface area contributed by atoms with Gasteiger partial charge < -0.3 is 5.73 Å². The predicted molar refractivity (Wildman–Crippen MR) is 118 cm³/mol. The molecule has 3 nitrogen and oxygen atoms in total. The molecule has 0 aromatic heterocycles. The molecule has 1 amide bonds. The average Bonchev–Trinajstić information content (AvgIpc) is 3.14. The first-order chi connectivity index (χ1) is 14.1. The summed E-state index contributed by atoms with van der Waals surface area (Å²) in [6.07, 6.45) is 12.8. The van der Waals surface area contributed by atoms with Crippen LogP contribution in [0, 0.1) is 35.0 Å². The summed E-state index contributed by atoms with van der Waals surface area (Å²) in [5, 5.41) is 0. The summed E-state index contributed by atoms with van der Waals surface area (Å²) in [4.78, 5) is 17.8. The number of aliphatic imine (C=N–C) groups is 1. The number of rotatable bonds is 5. The molecular formula is C26H36N2O. The number of hydrogen-bond acceptors (Lipinski definition) is 2. The smallest absolute Gasteiger partial charge is 0.249 e. The Morgan fingerprint density at radius 1 is 1.14 bits per heavy atom. The lowest BCUT2D eigenvalue weighted by Gasteiger charge is -2.42. The molecule has 1 aromatic carbocycles. The summed E-state index contributed by atoms with van der Waals surface area (Å²) in [6, 6.07) is 11.1. The van der Waals surface area contributed by atoms with Gasteiger partial charge in [0.1, 0.15) is 0 Å². The molecular weight excluding hydrogens is 356 g/mol. The first kappa shape index (κ1) is 19.5. The first-order valence-corrected chi connectivity index (χ1v) is 11.9. The lowest BCUT2D eigenvalue weighted by Crippen LogP contribution is -2.38. The van der Waals surface area contributed by atoms with Crippen LogP contribution in [0.3, 0.4) is 0 Å². The van der Waals surface area contributed by atoms with Crippen molar-refractivity contribution in [3.63, 3.8) is 0 Å². The van der Waals surface area contributed by atoms with Gasteiger partial charge in [0.25, 0.3) is 0 Å². The first-order valence-electron chi connectivity index (χ1n) is 11.9. The Bertz CT molecular complexity index is 781. The Morgan fingerprint density at radius 3 is 2.59 bits per heavy atom.